The highest BCUT2D eigenvalue weighted by atomic mass is 19.1. The molecule has 0 fully saturated rings. The summed E-state index contributed by atoms with van der Waals surface area (Å²) in [5.74, 6) is -4.61. The van der Waals surface area contributed by atoms with Gasteiger partial charge in [0.1, 0.15) is 23.0 Å². The second kappa shape index (κ2) is 5.48. The molecule has 0 aliphatic carbocycles. The van der Waals surface area contributed by atoms with Gasteiger partial charge in [-0.1, -0.05) is 18.2 Å². The maximum Gasteiger partial charge on any atom is 0.261 e. The molecule has 0 aliphatic rings. The van der Waals surface area contributed by atoms with Gasteiger partial charge in [0.2, 0.25) is 0 Å². The number of para-hydroxylation sites is 1. The van der Waals surface area contributed by atoms with Crippen LogP contribution in [0.5, 0.6) is 0 Å². The number of hydrogen-bond acceptors (Lipinski definition) is 2. The quantitative estimate of drug-likeness (QED) is 0.780. The molecule has 0 aliphatic heterocycles. The molecule has 2 aromatic carbocycles. The van der Waals surface area contributed by atoms with Crippen molar-refractivity contribution < 1.29 is 18.0 Å². The van der Waals surface area contributed by atoms with Crippen molar-refractivity contribution in [2.24, 2.45) is 0 Å². The van der Waals surface area contributed by atoms with Crippen LogP contribution in [0.2, 0.25) is 0 Å². The maximum atomic E-state index is 13.6. The van der Waals surface area contributed by atoms with Crippen molar-refractivity contribution in [2.45, 2.75) is 0 Å². The van der Waals surface area contributed by atoms with Gasteiger partial charge in [0, 0.05) is 23.7 Å². The monoisotopic (exact) mass is 302 g/mol. The number of carbonyl (C=O) groups is 1. The van der Waals surface area contributed by atoms with E-state index in [-0.39, 0.29) is 0 Å². The Kier molecular flexibility index (Phi) is 3.50. The fraction of sp³-hybridized carbons (Fsp3) is 0. The van der Waals surface area contributed by atoms with Crippen LogP contribution < -0.4 is 5.32 Å². The van der Waals surface area contributed by atoms with E-state index in [1.165, 1.54) is 6.20 Å². The molecule has 3 rings (SSSR count). The van der Waals surface area contributed by atoms with Crippen molar-refractivity contribution in [1.29, 1.82) is 0 Å². The third kappa shape index (κ3) is 2.50. The number of pyridine rings is 1. The molecule has 0 spiro atoms. The molecule has 0 atom stereocenters. The zero-order valence-electron chi connectivity index (χ0n) is 11.1. The summed E-state index contributed by atoms with van der Waals surface area (Å²) in [6.07, 6.45) is 1.54. The van der Waals surface area contributed by atoms with Crippen LogP contribution in [0.25, 0.3) is 10.9 Å². The van der Waals surface area contributed by atoms with Gasteiger partial charge in [-0.25, -0.2) is 13.2 Å². The second-order valence-corrected chi connectivity index (χ2v) is 4.58. The van der Waals surface area contributed by atoms with Gasteiger partial charge < -0.3 is 5.32 Å². The lowest BCUT2D eigenvalue weighted by Gasteiger charge is -2.09. The first-order valence-corrected chi connectivity index (χ1v) is 6.36. The second-order valence-electron chi connectivity index (χ2n) is 4.58. The van der Waals surface area contributed by atoms with Gasteiger partial charge >= 0.3 is 0 Å². The first-order chi connectivity index (χ1) is 10.6. The smallest absolute Gasteiger partial charge is 0.261 e. The van der Waals surface area contributed by atoms with Crippen molar-refractivity contribution in [3.8, 4) is 0 Å². The average molecular weight is 302 g/mol. The lowest BCUT2D eigenvalue weighted by Crippen LogP contribution is -2.16. The van der Waals surface area contributed by atoms with E-state index < -0.39 is 28.9 Å². The van der Waals surface area contributed by atoms with Gasteiger partial charge in [-0.2, -0.15) is 0 Å². The maximum absolute atomic E-state index is 13.6. The van der Waals surface area contributed by atoms with Crippen LogP contribution in [0.4, 0.5) is 18.9 Å². The fourth-order valence-corrected chi connectivity index (χ4v) is 2.15. The summed E-state index contributed by atoms with van der Waals surface area (Å²) in [5.41, 5.74) is -0.0400. The van der Waals surface area contributed by atoms with E-state index in [1.807, 2.05) is 0 Å². The van der Waals surface area contributed by atoms with E-state index in [9.17, 15) is 18.0 Å². The Morgan fingerprint density at radius 2 is 1.68 bits per heavy atom. The largest absolute Gasteiger partial charge is 0.320 e. The fourth-order valence-electron chi connectivity index (χ4n) is 2.15. The summed E-state index contributed by atoms with van der Waals surface area (Å²) in [5, 5.41) is 3.16. The minimum absolute atomic E-state index is 0.311. The van der Waals surface area contributed by atoms with Crippen LogP contribution in [0.1, 0.15) is 10.4 Å². The summed E-state index contributed by atoms with van der Waals surface area (Å²) in [4.78, 5) is 16.2. The summed E-state index contributed by atoms with van der Waals surface area (Å²) in [6, 6.07) is 9.46. The Bertz CT molecular complexity index is 852. The molecule has 0 saturated heterocycles. The molecule has 1 heterocycles. The lowest BCUT2D eigenvalue weighted by molar-refractivity contribution is 0.101. The summed E-state index contributed by atoms with van der Waals surface area (Å²) in [7, 11) is 0. The molecule has 0 saturated carbocycles. The molecule has 3 aromatic rings. The SMILES string of the molecule is O=C(Nc1cccc2cccnc12)c1c(F)cc(F)cc1F. The number of halogens is 3. The minimum Gasteiger partial charge on any atom is -0.320 e. The van der Waals surface area contributed by atoms with Crippen LogP contribution in [-0.4, -0.2) is 10.9 Å². The number of nitrogens with one attached hydrogen (secondary N) is 1. The van der Waals surface area contributed by atoms with E-state index in [2.05, 4.69) is 10.3 Å². The molecule has 3 nitrogen and oxygen atoms in total. The lowest BCUT2D eigenvalue weighted by atomic mass is 10.1. The van der Waals surface area contributed by atoms with Gasteiger partial charge in [0.15, 0.2) is 0 Å². The van der Waals surface area contributed by atoms with Crippen LogP contribution in [0, 0.1) is 17.5 Å². The van der Waals surface area contributed by atoms with Crippen molar-refractivity contribution >= 4 is 22.5 Å². The number of hydrogen-bond donors (Lipinski definition) is 1. The number of aromatic nitrogens is 1. The molecular weight excluding hydrogens is 293 g/mol. The van der Waals surface area contributed by atoms with Crippen molar-refractivity contribution in [3.05, 3.63) is 71.7 Å². The van der Waals surface area contributed by atoms with Crippen molar-refractivity contribution in [2.75, 3.05) is 5.32 Å². The number of carbonyl (C=O) groups excluding carboxylic acids is 1. The summed E-state index contributed by atoms with van der Waals surface area (Å²) >= 11 is 0. The molecular formula is C16H9F3N2O. The predicted molar refractivity (Wildman–Crippen MR) is 76.0 cm³/mol. The van der Waals surface area contributed by atoms with Crippen LogP contribution in [0.15, 0.2) is 48.7 Å². The molecule has 1 amide bonds. The Morgan fingerprint density at radius 1 is 1.00 bits per heavy atom. The Labute approximate surface area is 123 Å². The van der Waals surface area contributed by atoms with Crippen molar-refractivity contribution in [3.63, 3.8) is 0 Å². The minimum atomic E-state index is -1.26. The van der Waals surface area contributed by atoms with E-state index >= 15 is 0 Å². The number of rotatable bonds is 2. The van der Waals surface area contributed by atoms with Crippen LogP contribution in [0.3, 0.4) is 0 Å². The van der Waals surface area contributed by atoms with Gasteiger partial charge in [-0.05, 0) is 12.1 Å². The van der Waals surface area contributed by atoms with Crippen LogP contribution >= 0.6 is 0 Å². The highest BCUT2D eigenvalue weighted by Gasteiger charge is 2.19. The van der Waals surface area contributed by atoms with Gasteiger partial charge in [0.05, 0.1) is 11.2 Å². The Hall–Kier alpha value is -2.89. The summed E-state index contributed by atoms with van der Waals surface area (Å²) in [6.45, 7) is 0. The Morgan fingerprint density at radius 3 is 2.41 bits per heavy atom. The van der Waals surface area contributed by atoms with E-state index in [0.717, 1.165) is 5.39 Å². The summed E-state index contributed by atoms with van der Waals surface area (Å²) < 4.78 is 40.1. The molecule has 0 radical (unpaired) electrons. The molecule has 110 valence electrons. The molecule has 0 bridgehead atoms. The van der Waals surface area contributed by atoms with E-state index in [1.54, 1.807) is 30.3 Å². The Balaban J connectivity index is 2.01. The standard InChI is InChI=1S/C16H9F3N2O/c17-10-7-11(18)14(12(19)8-10)16(22)21-13-5-1-3-9-4-2-6-20-15(9)13/h1-8H,(H,21,22). The molecule has 6 heteroatoms. The first-order valence-electron chi connectivity index (χ1n) is 6.36. The topological polar surface area (TPSA) is 42.0 Å². The van der Waals surface area contributed by atoms with Gasteiger partial charge in [-0.15, -0.1) is 0 Å². The molecule has 1 N–H and O–H groups in total. The van der Waals surface area contributed by atoms with E-state index in [4.69, 9.17) is 0 Å². The zero-order chi connectivity index (χ0) is 15.7. The molecule has 22 heavy (non-hydrogen) atoms. The predicted octanol–water partition coefficient (Wildman–Crippen LogP) is 3.90. The average Bonchev–Trinajstić information content (AvgIpc) is 2.46. The molecule has 1 aromatic heterocycles. The third-order valence-electron chi connectivity index (χ3n) is 3.11. The van der Waals surface area contributed by atoms with E-state index in [0.29, 0.717) is 23.3 Å². The van der Waals surface area contributed by atoms with Crippen molar-refractivity contribution in [1.82, 2.24) is 4.98 Å². The highest BCUT2D eigenvalue weighted by Crippen LogP contribution is 2.22. The number of benzene rings is 2. The first kappa shape index (κ1) is 14.1. The van der Waals surface area contributed by atoms with Crippen LogP contribution in [-0.2, 0) is 0 Å². The number of amides is 1. The number of nitrogens with zero attached hydrogens (tertiary/aromatic N) is 1. The third-order valence-corrected chi connectivity index (χ3v) is 3.11. The zero-order valence-corrected chi connectivity index (χ0v) is 11.1. The highest BCUT2D eigenvalue weighted by molar-refractivity contribution is 6.08. The van der Waals surface area contributed by atoms with Gasteiger partial charge in [0.25, 0.3) is 5.91 Å². The van der Waals surface area contributed by atoms with Gasteiger partial charge in [-0.3, -0.25) is 9.78 Å². The normalized spacial score (nSPS) is 10.7. The number of anilines is 1. The number of fused-ring (bicyclic) bond motifs is 1. The molecule has 0 unspecified atom stereocenters.